The molecule has 0 unspecified atom stereocenters. The van der Waals surface area contributed by atoms with Crippen LogP contribution in [0.2, 0.25) is 0 Å². The van der Waals surface area contributed by atoms with Crippen molar-refractivity contribution in [3.05, 3.63) is 59.7 Å². The zero-order valence-corrected chi connectivity index (χ0v) is 16.4. The van der Waals surface area contributed by atoms with Gasteiger partial charge in [-0.1, -0.05) is 24.3 Å². The minimum absolute atomic E-state index is 0.0546. The van der Waals surface area contributed by atoms with Gasteiger partial charge in [0.25, 0.3) is 0 Å². The Morgan fingerprint density at radius 2 is 1.79 bits per heavy atom. The molecule has 148 valence electrons. The van der Waals surface area contributed by atoms with Gasteiger partial charge in [-0.3, -0.25) is 14.5 Å². The number of aryl methyl sites for hydroxylation is 1. The number of hydrogen-bond acceptors (Lipinski definition) is 4. The second-order valence-electron chi connectivity index (χ2n) is 7.16. The maximum atomic E-state index is 12.4. The summed E-state index contributed by atoms with van der Waals surface area (Å²) in [6.07, 6.45) is 3.08. The lowest BCUT2D eigenvalue weighted by atomic mass is 9.88. The third-order valence-electron chi connectivity index (χ3n) is 4.91. The van der Waals surface area contributed by atoms with Crippen molar-refractivity contribution in [2.75, 3.05) is 32.6 Å². The number of benzene rings is 2. The highest BCUT2D eigenvalue weighted by atomic mass is 16.5. The fourth-order valence-corrected chi connectivity index (χ4v) is 3.56. The smallest absolute Gasteiger partial charge is 0.238 e. The SMILES string of the molecule is COc1ccc(NC(=O)CN(C)CC(=O)N[C@H]2CCCc3ccccc32)cc1. The summed E-state index contributed by atoms with van der Waals surface area (Å²) in [6.45, 7) is 0.315. The molecule has 0 aliphatic heterocycles. The molecule has 6 nitrogen and oxygen atoms in total. The van der Waals surface area contributed by atoms with E-state index < -0.39 is 0 Å². The number of likely N-dealkylation sites (N-methyl/N-ethyl adjacent to an activating group) is 1. The van der Waals surface area contributed by atoms with E-state index in [2.05, 4.69) is 22.8 Å². The molecule has 1 aliphatic rings. The van der Waals surface area contributed by atoms with Crippen LogP contribution in [0.25, 0.3) is 0 Å². The van der Waals surface area contributed by atoms with Gasteiger partial charge in [0.1, 0.15) is 5.75 Å². The molecule has 2 N–H and O–H groups in total. The van der Waals surface area contributed by atoms with Crippen LogP contribution in [0.4, 0.5) is 5.69 Å². The quantitative estimate of drug-likeness (QED) is 0.774. The Balaban J connectivity index is 1.47. The van der Waals surface area contributed by atoms with Crippen LogP contribution in [0.1, 0.15) is 30.0 Å². The molecule has 0 bridgehead atoms. The van der Waals surface area contributed by atoms with E-state index in [0.717, 1.165) is 25.0 Å². The number of nitrogens with zero attached hydrogens (tertiary/aromatic N) is 1. The first-order chi connectivity index (χ1) is 13.5. The van der Waals surface area contributed by atoms with Crippen LogP contribution in [0.3, 0.4) is 0 Å². The summed E-state index contributed by atoms with van der Waals surface area (Å²) < 4.78 is 5.10. The zero-order chi connectivity index (χ0) is 19.9. The second kappa shape index (κ2) is 9.37. The van der Waals surface area contributed by atoms with Gasteiger partial charge < -0.3 is 15.4 Å². The Morgan fingerprint density at radius 3 is 2.54 bits per heavy atom. The molecule has 2 aromatic carbocycles. The summed E-state index contributed by atoms with van der Waals surface area (Å²) in [4.78, 5) is 26.4. The van der Waals surface area contributed by atoms with Crippen molar-refractivity contribution >= 4 is 17.5 Å². The van der Waals surface area contributed by atoms with Crippen LogP contribution in [0, 0.1) is 0 Å². The summed E-state index contributed by atoms with van der Waals surface area (Å²) >= 11 is 0. The van der Waals surface area contributed by atoms with Gasteiger partial charge in [-0.15, -0.1) is 0 Å². The van der Waals surface area contributed by atoms with Crippen LogP contribution in [-0.2, 0) is 16.0 Å². The number of carbonyl (C=O) groups excluding carboxylic acids is 2. The number of fused-ring (bicyclic) bond motifs is 1. The van der Waals surface area contributed by atoms with Gasteiger partial charge in [0.05, 0.1) is 26.2 Å². The Bertz CT molecular complexity index is 820. The van der Waals surface area contributed by atoms with Crippen LogP contribution >= 0.6 is 0 Å². The molecule has 2 aromatic rings. The molecule has 0 fully saturated rings. The summed E-state index contributed by atoms with van der Waals surface area (Å²) in [5.41, 5.74) is 3.22. The number of rotatable bonds is 7. The molecule has 0 radical (unpaired) electrons. The number of amides is 2. The zero-order valence-electron chi connectivity index (χ0n) is 16.4. The minimum atomic E-state index is -0.163. The van der Waals surface area contributed by atoms with Crippen molar-refractivity contribution < 1.29 is 14.3 Å². The van der Waals surface area contributed by atoms with Gasteiger partial charge in [0, 0.05) is 5.69 Å². The Morgan fingerprint density at radius 1 is 1.07 bits per heavy atom. The number of hydrogen-bond donors (Lipinski definition) is 2. The van der Waals surface area contributed by atoms with E-state index in [1.54, 1.807) is 43.3 Å². The Labute approximate surface area is 165 Å². The lowest BCUT2D eigenvalue weighted by molar-refractivity contribution is -0.123. The van der Waals surface area contributed by atoms with Crippen molar-refractivity contribution in [1.29, 1.82) is 0 Å². The van der Waals surface area contributed by atoms with E-state index in [0.29, 0.717) is 5.69 Å². The molecule has 0 aromatic heterocycles. The fourth-order valence-electron chi connectivity index (χ4n) is 3.56. The van der Waals surface area contributed by atoms with E-state index in [1.165, 1.54) is 11.1 Å². The predicted molar refractivity (Wildman–Crippen MR) is 109 cm³/mol. The molecule has 0 saturated carbocycles. The monoisotopic (exact) mass is 381 g/mol. The van der Waals surface area contributed by atoms with Gasteiger partial charge in [0.15, 0.2) is 0 Å². The lowest BCUT2D eigenvalue weighted by Crippen LogP contribution is -2.40. The van der Waals surface area contributed by atoms with E-state index in [-0.39, 0.29) is 30.9 Å². The molecule has 1 atom stereocenters. The maximum Gasteiger partial charge on any atom is 0.238 e. The minimum Gasteiger partial charge on any atom is -0.497 e. The molecule has 0 saturated heterocycles. The lowest BCUT2D eigenvalue weighted by Gasteiger charge is -2.27. The molecule has 2 amide bonds. The fraction of sp³-hybridized carbons (Fsp3) is 0.364. The number of anilines is 1. The van der Waals surface area contributed by atoms with Crippen molar-refractivity contribution in [3.8, 4) is 5.75 Å². The van der Waals surface area contributed by atoms with Crippen molar-refractivity contribution in [2.45, 2.75) is 25.3 Å². The van der Waals surface area contributed by atoms with Crippen LogP contribution in [-0.4, -0.2) is 44.0 Å². The predicted octanol–water partition coefficient (Wildman–Crippen LogP) is 2.76. The third kappa shape index (κ3) is 5.33. The highest BCUT2D eigenvalue weighted by molar-refractivity contribution is 5.92. The maximum absolute atomic E-state index is 12.4. The van der Waals surface area contributed by atoms with E-state index >= 15 is 0 Å². The topological polar surface area (TPSA) is 70.7 Å². The summed E-state index contributed by atoms with van der Waals surface area (Å²) in [6, 6.07) is 15.5. The van der Waals surface area contributed by atoms with Crippen molar-refractivity contribution in [3.63, 3.8) is 0 Å². The Hall–Kier alpha value is -2.86. The standard InChI is InChI=1S/C22H27N3O3/c1-25(14-21(26)23-17-10-12-18(28-2)13-11-17)15-22(27)24-20-9-5-7-16-6-3-4-8-19(16)20/h3-4,6,8,10-13,20H,5,7,9,14-15H2,1-2H3,(H,23,26)(H,24,27)/t20-/m0/s1. The van der Waals surface area contributed by atoms with Crippen LogP contribution in [0.5, 0.6) is 5.75 Å². The van der Waals surface area contributed by atoms with Crippen LogP contribution in [0.15, 0.2) is 48.5 Å². The van der Waals surface area contributed by atoms with Gasteiger partial charge in [-0.05, 0) is 61.7 Å². The third-order valence-corrected chi connectivity index (χ3v) is 4.91. The number of nitrogens with one attached hydrogen (secondary N) is 2. The van der Waals surface area contributed by atoms with Gasteiger partial charge in [0.2, 0.25) is 11.8 Å². The van der Waals surface area contributed by atoms with Gasteiger partial charge >= 0.3 is 0 Å². The summed E-state index contributed by atoms with van der Waals surface area (Å²) in [7, 11) is 3.36. The number of carbonyl (C=O) groups is 2. The molecular weight excluding hydrogens is 354 g/mol. The molecule has 0 spiro atoms. The average Bonchev–Trinajstić information content (AvgIpc) is 2.68. The first kappa shape index (κ1) is 19.9. The first-order valence-electron chi connectivity index (χ1n) is 9.55. The van der Waals surface area contributed by atoms with E-state index in [1.807, 2.05) is 12.1 Å². The van der Waals surface area contributed by atoms with Gasteiger partial charge in [-0.2, -0.15) is 0 Å². The summed E-state index contributed by atoms with van der Waals surface area (Å²) in [5, 5.41) is 5.94. The number of methoxy groups -OCH3 is 1. The largest absolute Gasteiger partial charge is 0.497 e. The highest BCUT2D eigenvalue weighted by Crippen LogP contribution is 2.29. The molecule has 6 heteroatoms. The highest BCUT2D eigenvalue weighted by Gasteiger charge is 2.22. The first-order valence-corrected chi connectivity index (χ1v) is 9.55. The van der Waals surface area contributed by atoms with Crippen molar-refractivity contribution in [2.24, 2.45) is 0 Å². The Kier molecular flexibility index (Phi) is 6.66. The molecular formula is C22H27N3O3. The van der Waals surface area contributed by atoms with Crippen LogP contribution < -0.4 is 15.4 Å². The van der Waals surface area contributed by atoms with Gasteiger partial charge in [-0.25, -0.2) is 0 Å². The van der Waals surface area contributed by atoms with E-state index in [4.69, 9.17) is 4.74 Å². The molecule has 1 aliphatic carbocycles. The number of ether oxygens (including phenoxy) is 1. The van der Waals surface area contributed by atoms with E-state index in [9.17, 15) is 9.59 Å². The second-order valence-corrected chi connectivity index (χ2v) is 7.16. The molecule has 0 heterocycles. The summed E-state index contributed by atoms with van der Waals surface area (Å²) in [5.74, 6) is 0.501. The normalized spacial score (nSPS) is 15.6. The van der Waals surface area contributed by atoms with Crippen molar-refractivity contribution in [1.82, 2.24) is 10.2 Å². The molecule has 3 rings (SSSR count). The molecule has 28 heavy (non-hydrogen) atoms. The average molecular weight is 381 g/mol.